The first-order chi connectivity index (χ1) is 12.8. The van der Waals surface area contributed by atoms with E-state index >= 15 is 0 Å². The normalized spacial score (nSPS) is 32.4. The summed E-state index contributed by atoms with van der Waals surface area (Å²) in [5.41, 5.74) is 1.22. The van der Waals surface area contributed by atoms with Gasteiger partial charge >= 0.3 is 0 Å². The molecule has 0 spiro atoms. The molecule has 1 aromatic rings. The van der Waals surface area contributed by atoms with Crippen LogP contribution in [-0.4, -0.2) is 53.2 Å². The second-order valence-corrected chi connectivity index (χ2v) is 8.58. The van der Waals surface area contributed by atoms with Crippen molar-refractivity contribution >= 4 is 0 Å². The van der Waals surface area contributed by atoms with Gasteiger partial charge in [-0.3, -0.25) is 9.80 Å². The highest BCUT2D eigenvalue weighted by Crippen LogP contribution is 2.43. The number of halogens is 1. The van der Waals surface area contributed by atoms with Crippen LogP contribution in [0.5, 0.6) is 0 Å². The van der Waals surface area contributed by atoms with E-state index in [0.29, 0.717) is 12.6 Å². The minimum atomic E-state index is -0.151. The monoisotopic (exact) mass is 360 g/mol. The average Bonchev–Trinajstić information content (AvgIpc) is 2.66. The summed E-state index contributed by atoms with van der Waals surface area (Å²) in [6, 6.07) is 8.45. The molecule has 26 heavy (non-hydrogen) atoms. The van der Waals surface area contributed by atoms with E-state index in [1.54, 1.807) is 12.1 Å². The second kappa shape index (κ2) is 8.37. The molecule has 0 bridgehead atoms. The van der Waals surface area contributed by atoms with Crippen LogP contribution in [0.1, 0.15) is 50.5 Å². The van der Waals surface area contributed by atoms with Crippen molar-refractivity contribution in [2.24, 2.45) is 11.8 Å². The van der Waals surface area contributed by atoms with Gasteiger partial charge in [-0.05, 0) is 87.6 Å². The Bertz CT molecular complexity index is 576. The highest BCUT2D eigenvalue weighted by molar-refractivity contribution is 5.17. The van der Waals surface area contributed by atoms with E-state index in [1.807, 2.05) is 12.1 Å². The van der Waals surface area contributed by atoms with E-state index in [0.717, 1.165) is 37.3 Å². The number of benzene rings is 1. The van der Waals surface area contributed by atoms with Crippen LogP contribution in [0, 0.1) is 17.7 Å². The Morgan fingerprint density at radius 1 is 1.04 bits per heavy atom. The number of nitrogens with zero attached hydrogens (tertiary/aromatic N) is 2. The second-order valence-electron chi connectivity index (χ2n) is 8.58. The number of hydrogen-bond donors (Lipinski definition) is 1. The molecule has 0 radical (unpaired) electrons. The Morgan fingerprint density at radius 3 is 2.58 bits per heavy atom. The summed E-state index contributed by atoms with van der Waals surface area (Å²) < 4.78 is 13.3. The summed E-state index contributed by atoms with van der Waals surface area (Å²) in [5.74, 6) is 1.41. The molecule has 3 nitrogen and oxygen atoms in total. The number of aliphatic hydroxyl groups excluding tert-OH is 1. The van der Waals surface area contributed by atoms with E-state index < -0.39 is 0 Å². The fourth-order valence-electron chi connectivity index (χ4n) is 5.95. The van der Waals surface area contributed by atoms with Crippen molar-refractivity contribution in [3.05, 3.63) is 35.6 Å². The van der Waals surface area contributed by atoms with Gasteiger partial charge in [0.1, 0.15) is 5.82 Å². The molecule has 3 aliphatic heterocycles. The topological polar surface area (TPSA) is 26.7 Å². The zero-order valence-corrected chi connectivity index (χ0v) is 15.8. The number of aliphatic hydroxyl groups is 1. The lowest BCUT2D eigenvalue weighted by molar-refractivity contribution is -0.0812. The van der Waals surface area contributed by atoms with E-state index in [-0.39, 0.29) is 5.82 Å². The first-order valence-corrected chi connectivity index (χ1v) is 10.6. The smallest absolute Gasteiger partial charge is 0.123 e. The maximum atomic E-state index is 13.3. The van der Waals surface area contributed by atoms with Gasteiger partial charge in [0.2, 0.25) is 0 Å². The predicted molar refractivity (Wildman–Crippen MR) is 102 cm³/mol. The molecule has 1 N–H and O–H groups in total. The Kier molecular flexibility index (Phi) is 5.92. The highest BCUT2D eigenvalue weighted by atomic mass is 19.1. The van der Waals surface area contributed by atoms with Crippen LogP contribution in [0.4, 0.5) is 4.39 Å². The number of rotatable bonds is 6. The number of likely N-dealkylation sites (tertiary alicyclic amines) is 1. The summed E-state index contributed by atoms with van der Waals surface area (Å²) in [7, 11) is 0. The third-order valence-corrected chi connectivity index (χ3v) is 6.99. The quantitative estimate of drug-likeness (QED) is 0.784. The molecule has 4 rings (SSSR count). The molecule has 4 heteroatoms. The van der Waals surface area contributed by atoms with E-state index in [2.05, 4.69) is 9.80 Å². The van der Waals surface area contributed by atoms with Gasteiger partial charge < -0.3 is 5.11 Å². The molecule has 144 valence electrons. The Labute approximate surface area is 157 Å². The fraction of sp³-hybridized carbons (Fsp3) is 0.727. The first kappa shape index (κ1) is 18.4. The van der Waals surface area contributed by atoms with Crippen molar-refractivity contribution in [3.8, 4) is 0 Å². The maximum absolute atomic E-state index is 13.3. The van der Waals surface area contributed by atoms with Crippen LogP contribution in [0.2, 0.25) is 0 Å². The zero-order chi connectivity index (χ0) is 17.9. The van der Waals surface area contributed by atoms with Crippen molar-refractivity contribution in [1.29, 1.82) is 0 Å². The van der Waals surface area contributed by atoms with Crippen molar-refractivity contribution in [1.82, 2.24) is 9.80 Å². The van der Waals surface area contributed by atoms with Crippen LogP contribution < -0.4 is 0 Å². The molecular weight excluding hydrogens is 327 g/mol. The fourth-order valence-corrected chi connectivity index (χ4v) is 5.95. The molecule has 3 fully saturated rings. The average molecular weight is 361 g/mol. The van der Waals surface area contributed by atoms with Gasteiger partial charge in [0.15, 0.2) is 0 Å². The molecular formula is C22H33FN2O. The van der Waals surface area contributed by atoms with E-state index in [9.17, 15) is 9.50 Å². The SMILES string of the molecule is OCCCC[C@@H]1[C@H]2CCCN3CCC[C@H](CN1Cc1ccc(F)cc1)[C@@H]23. The third kappa shape index (κ3) is 3.83. The summed E-state index contributed by atoms with van der Waals surface area (Å²) in [6.07, 6.45) is 8.58. The van der Waals surface area contributed by atoms with Crippen molar-refractivity contribution in [2.45, 2.75) is 63.6 Å². The van der Waals surface area contributed by atoms with Gasteiger partial charge in [0, 0.05) is 31.8 Å². The molecule has 3 heterocycles. The van der Waals surface area contributed by atoms with Gasteiger partial charge in [0.25, 0.3) is 0 Å². The molecule has 0 aromatic heterocycles. The minimum absolute atomic E-state index is 0.151. The molecule has 4 atom stereocenters. The Hall–Kier alpha value is -0.970. The molecule has 0 saturated carbocycles. The molecule has 0 unspecified atom stereocenters. The number of piperidine rings is 3. The lowest BCUT2D eigenvalue weighted by atomic mass is 9.69. The van der Waals surface area contributed by atoms with Crippen molar-refractivity contribution < 1.29 is 9.50 Å². The minimum Gasteiger partial charge on any atom is -0.396 e. The molecule has 1 aromatic carbocycles. The molecule has 0 amide bonds. The van der Waals surface area contributed by atoms with Gasteiger partial charge in [-0.15, -0.1) is 0 Å². The van der Waals surface area contributed by atoms with Gasteiger partial charge in [-0.1, -0.05) is 12.1 Å². The van der Waals surface area contributed by atoms with E-state index in [4.69, 9.17) is 0 Å². The summed E-state index contributed by atoms with van der Waals surface area (Å²) in [5, 5.41) is 9.23. The Balaban J connectivity index is 1.54. The third-order valence-electron chi connectivity index (χ3n) is 6.99. The molecule has 3 aliphatic rings. The van der Waals surface area contributed by atoms with Gasteiger partial charge in [-0.2, -0.15) is 0 Å². The highest BCUT2D eigenvalue weighted by Gasteiger charge is 2.48. The predicted octanol–water partition coefficient (Wildman–Crippen LogP) is 3.66. The van der Waals surface area contributed by atoms with Gasteiger partial charge in [0.05, 0.1) is 0 Å². The number of hydrogen-bond acceptors (Lipinski definition) is 3. The van der Waals surface area contributed by atoms with Gasteiger partial charge in [-0.25, -0.2) is 4.39 Å². The number of unbranched alkanes of at least 4 members (excludes halogenated alkanes) is 1. The van der Waals surface area contributed by atoms with Crippen LogP contribution in [0.25, 0.3) is 0 Å². The summed E-state index contributed by atoms with van der Waals surface area (Å²) in [6.45, 7) is 4.99. The van der Waals surface area contributed by atoms with Crippen molar-refractivity contribution in [2.75, 3.05) is 26.2 Å². The van der Waals surface area contributed by atoms with Crippen LogP contribution in [0.3, 0.4) is 0 Å². The van der Waals surface area contributed by atoms with Crippen molar-refractivity contribution in [3.63, 3.8) is 0 Å². The zero-order valence-electron chi connectivity index (χ0n) is 15.8. The first-order valence-electron chi connectivity index (χ1n) is 10.6. The maximum Gasteiger partial charge on any atom is 0.123 e. The lowest BCUT2D eigenvalue weighted by Crippen LogP contribution is -2.64. The lowest BCUT2D eigenvalue weighted by Gasteiger charge is -2.57. The van der Waals surface area contributed by atoms with E-state index in [1.165, 1.54) is 57.3 Å². The van der Waals surface area contributed by atoms with Crippen LogP contribution >= 0.6 is 0 Å². The molecule has 3 saturated heterocycles. The summed E-state index contributed by atoms with van der Waals surface area (Å²) in [4.78, 5) is 5.49. The molecule has 0 aliphatic carbocycles. The standard InChI is InChI=1S/C22H33FN2O/c23-19-10-8-17(9-11-19)15-25-16-18-5-3-12-24-13-4-6-20(22(18)24)21(25)7-1-2-14-26/h8-11,18,20-22,26H,1-7,12-16H2/t18-,20-,21-,22+/m1/s1. The van der Waals surface area contributed by atoms with Crippen LogP contribution in [0.15, 0.2) is 24.3 Å². The largest absolute Gasteiger partial charge is 0.396 e. The Morgan fingerprint density at radius 2 is 1.81 bits per heavy atom. The summed E-state index contributed by atoms with van der Waals surface area (Å²) >= 11 is 0. The van der Waals surface area contributed by atoms with Crippen LogP contribution in [-0.2, 0) is 6.54 Å².